The topological polar surface area (TPSA) is 44.1 Å². The molecule has 0 aliphatic rings. The number of pyridine rings is 2. The lowest BCUT2D eigenvalue weighted by Gasteiger charge is -2.10. The van der Waals surface area contributed by atoms with Crippen LogP contribution in [0, 0.1) is 0 Å². The van der Waals surface area contributed by atoms with Crippen LogP contribution in [0.2, 0.25) is 0 Å². The van der Waals surface area contributed by atoms with Gasteiger partial charge in [0.1, 0.15) is 0 Å². The van der Waals surface area contributed by atoms with Gasteiger partial charge in [0, 0.05) is 11.9 Å². The van der Waals surface area contributed by atoms with Gasteiger partial charge in [-0.05, 0) is 30.2 Å². The van der Waals surface area contributed by atoms with Gasteiger partial charge < -0.3 is 4.74 Å². The maximum atomic E-state index is 12.2. The van der Waals surface area contributed by atoms with Crippen molar-refractivity contribution in [2.45, 2.75) is 26.4 Å². The lowest BCUT2D eigenvalue weighted by atomic mass is 10.1. The fourth-order valence-electron chi connectivity index (χ4n) is 1.74. The summed E-state index contributed by atoms with van der Waals surface area (Å²) in [5.41, 5.74) is 0.743. The molecule has 2 aromatic rings. The van der Waals surface area contributed by atoms with Crippen LogP contribution < -0.4 is 10.3 Å². The second-order valence-electron chi connectivity index (χ2n) is 4.52. The first-order valence-electron chi connectivity index (χ1n) is 6.12. The van der Waals surface area contributed by atoms with Crippen LogP contribution in [0.4, 0.5) is 8.78 Å². The predicted molar refractivity (Wildman–Crippen MR) is 70.6 cm³/mol. The molecule has 0 bridgehead atoms. The molecule has 0 radical (unpaired) electrons. The van der Waals surface area contributed by atoms with Gasteiger partial charge in [0.2, 0.25) is 0 Å². The smallest absolute Gasteiger partial charge is 0.387 e. The Morgan fingerprint density at radius 2 is 2.00 bits per heavy atom. The minimum atomic E-state index is -3.03. The zero-order chi connectivity index (χ0) is 14.7. The average Bonchev–Trinajstić information content (AvgIpc) is 2.41. The van der Waals surface area contributed by atoms with Crippen molar-refractivity contribution < 1.29 is 13.5 Å². The third kappa shape index (κ3) is 3.01. The number of nitrogens with zero attached hydrogens (tertiary/aromatic N) is 2. The van der Waals surface area contributed by atoms with Crippen molar-refractivity contribution in [3.05, 3.63) is 52.7 Å². The van der Waals surface area contributed by atoms with Gasteiger partial charge in [-0.3, -0.25) is 14.3 Å². The van der Waals surface area contributed by atoms with Gasteiger partial charge in [0.25, 0.3) is 5.56 Å². The number of halogens is 2. The second kappa shape index (κ2) is 5.81. The predicted octanol–water partition coefficient (Wildman–Crippen LogP) is 2.96. The highest BCUT2D eigenvalue weighted by molar-refractivity contribution is 5.33. The van der Waals surface area contributed by atoms with Gasteiger partial charge in [0.15, 0.2) is 5.75 Å². The van der Waals surface area contributed by atoms with Crippen molar-refractivity contribution in [2.24, 2.45) is 0 Å². The van der Waals surface area contributed by atoms with Crippen molar-refractivity contribution in [1.29, 1.82) is 0 Å². The third-order valence-electron chi connectivity index (χ3n) is 2.77. The molecule has 0 amide bonds. The highest BCUT2D eigenvalue weighted by Crippen LogP contribution is 2.14. The third-order valence-corrected chi connectivity index (χ3v) is 2.77. The Kier molecular flexibility index (Phi) is 4.12. The normalized spacial score (nSPS) is 11.1. The lowest BCUT2D eigenvalue weighted by molar-refractivity contribution is -0.0509. The Hall–Kier alpha value is -2.24. The van der Waals surface area contributed by atoms with Crippen molar-refractivity contribution in [2.75, 3.05) is 0 Å². The standard InChI is InChI=1S/C14H14F2N2O2/c1-9(2)11-6-5-10(8-17-11)18-7-3-4-12(13(18)19)20-14(15)16/h3-9,14H,1-2H3. The van der Waals surface area contributed by atoms with Crippen molar-refractivity contribution in [3.8, 4) is 11.4 Å². The average molecular weight is 280 g/mol. The fraction of sp³-hybridized carbons (Fsp3) is 0.286. The molecule has 0 unspecified atom stereocenters. The summed E-state index contributed by atoms with van der Waals surface area (Å²) in [4.78, 5) is 16.2. The molecule has 0 aliphatic carbocycles. The van der Waals surface area contributed by atoms with E-state index >= 15 is 0 Å². The highest BCUT2D eigenvalue weighted by Gasteiger charge is 2.11. The molecule has 0 atom stereocenters. The summed E-state index contributed by atoms with van der Waals surface area (Å²) in [6.07, 6.45) is 3.01. The van der Waals surface area contributed by atoms with Gasteiger partial charge in [-0.1, -0.05) is 13.8 Å². The van der Waals surface area contributed by atoms with Crippen molar-refractivity contribution >= 4 is 0 Å². The molecule has 2 aromatic heterocycles. The molecule has 0 saturated carbocycles. The van der Waals surface area contributed by atoms with E-state index in [1.807, 2.05) is 13.8 Å². The van der Waals surface area contributed by atoms with Gasteiger partial charge in [0.05, 0.1) is 11.9 Å². The zero-order valence-electron chi connectivity index (χ0n) is 11.1. The van der Waals surface area contributed by atoms with E-state index in [9.17, 15) is 13.6 Å². The van der Waals surface area contributed by atoms with E-state index < -0.39 is 17.9 Å². The molecule has 0 N–H and O–H groups in total. The number of hydrogen-bond acceptors (Lipinski definition) is 3. The van der Waals surface area contributed by atoms with Crippen LogP contribution in [0.1, 0.15) is 25.5 Å². The van der Waals surface area contributed by atoms with Gasteiger partial charge >= 0.3 is 6.61 Å². The Morgan fingerprint density at radius 3 is 2.55 bits per heavy atom. The van der Waals surface area contributed by atoms with E-state index in [0.717, 1.165) is 5.69 Å². The number of alkyl halides is 2. The summed E-state index contributed by atoms with van der Waals surface area (Å²) in [6, 6.07) is 6.19. The van der Waals surface area contributed by atoms with Crippen LogP contribution in [0.5, 0.6) is 5.75 Å². The first kappa shape index (κ1) is 14.2. The molecular formula is C14H14F2N2O2. The number of aromatic nitrogens is 2. The fourth-order valence-corrected chi connectivity index (χ4v) is 1.74. The Balaban J connectivity index is 2.40. The Morgan fingerprint density at radius 1 is 1.25 bits per heavy atom. The number of rotatable bonds is 4. The molecule has 0 aliphatic heterocycles. The van der Waals surface area contributed by atoms with Crippen LogP contribution in [-0.2, 0) is 0 Å². The molecule has 6 heteroatoms. The molecule has 0 saturated heterocycles. The summed E-state index contributed by atoms with van der Waals surface area (Å²) < 4.78 is 29.8. The first-order valence-corrected chi connectivity index (χ1v) is 6.12. The molecule has 0 fully saturated rings. The molecule has 2 heterocycles. The summed E-state index contributed by atoms with van der Waals surface area (Å²) in [6.45, 7) is 0.983. The van der Waals surface area contributed by atoms with Gasteiger partial charge in [-0.25, -0.2) is 0 Å². The van der Waals surface area contributed by atoms with Crippen LogP contribution >= 0.6 is 0 Å². The molecule has 0 spiro atoms. The quantitative estimate of drug-likeness (QED) is 0.865. The molecule has 4 nitrogen and oxygen atoms in total. The molecule has 2 rings (SSSR count). The van der Waals surface area contributed by atoms with Crippen LogP contribution in [0.15, 0.2) is 41.5 Å². The number of ether oxygens (including phenoxy) is 1. The van der Waals surface area contributed by atoms with E-state index in [2.05, 4.69) is 9.72 Å². The minimum Gasteiger partial charge on any atom is -0.429 e. The first-order chi connectivity index (χ1) is 9.49. The molecule has 20 heavy (non-hydrogen) atoms. The van der Waals surface area contributed by atoms with Crippen molar-refractivity contribution in [1.82, 2.24) is 9.55 Å². The lowest BCUT2D eigenvalue weighted by Crippen LogP contribution is -2.21. The van der Waals surface area contributed by atoms with E-state index in [0.29, 0.717) is 5.69 Å². The van der Waals surface area contributed by atoms with E-state index in [1.54, 1.807) is 12.1 Å². The zero-order valence-corrected chi connectivity index (χ0v) is 11.1. The van der Waals surface area contributed by atoms with Crippen LogP contribution in [0.25, 0.3) is 5.69 Å². The number of hydrogen-bond donors (Lipinski definition) is 0. The second-order valence-corrected chi connectivity index (χ2v) is 4.52. The summed E-state index contributed by atoms with van der Waals surface area (Å²) in [7, 11) is 0. The molecular weight excluding hydrogens is 266 g/mol. The monoisotopic (exact) mass is 280 g/mol. The Bertz CT molecular complexity index is 636. The maximum absolute atomic E-state index is 12.2. The van der Waals surface area contributed by atoms with Gasteiger partial charge in [-0.2, -0.15) is 8.78 Å². The van der Waals surface area contributed by atoms with Crippen LogP contribution in [-0.4, -0.2) is 16.2 Å². The highest BCUT2D eigenvalue weighted by atomic mass is 19.3. The van der Waals surface area contributed by atoms with E-state index in [1.165, 1.54) is 29.1 Å². The summed E-state index contributed by atoms with van der Waals surface area (Å²) >= 11 is 0. The minimum absolute atomic E-state index is 0.272. The summed E-state index contributed by atoms with van der Waals surface area (Å²) in [5, 5.41) is 0. The van der Waals surface area contributed by atoms with E-state index in [-0.39, 0.29) is 5.92 Å². The van der Waals surface area contributed by atoms with Crippen molar-refractivity contribution in [3.63, 3.8) is 0 Å². The van der Waals surface area contributed by atoms with Gasteiger partial charge in [-0.15, -0.1) is 0 Å². The van der Waals surface area contributed by atoms with E-state index in [4.69, 9.17) is 0 Å². The maximum Gasteiger partial charge on any atom is 0.387 e. The SMILES string of the molecule is CC(C)c1ccc(-n2cccc(OC(F)F)c2=O)cn1. The molecule has 106 valence electrons. The summed E-state index contributed by atoms with van der Waals surface area (Å²) in [5.74, 6) is -0.121. The largest absolute Gasteiger partial charge is 0.429 e. The van der Waals surface area contributed by atoms with Crippen LogP contribution in [0.3, 0.4) is 0 Å². The Labute approximate surface area is 114 Å². The molecule has 0 aromatic carbocycles.